The number of nitrogens with one attached hydrogen (secondary N) is 1. The molecule has 8 heteroatoms. The molecule has 0 heterocycles. The van der Waals surface area contributed by atoms with Crippen LogP contribution >= 0.6 is 28.3 Å². The van der Waals surface area contributed by atoms with E-state index in [4.69, 9.17) is 5.73 Å². The summed E-state index contributed by atoms with van der Waals surface area (Å²) in [7, 11) is -3.88. The van der Waals surface area contributed by atoms with Gasteiger partial charge in [0.05, 0.1) is 0 Å². The minimum atomic E-state index is -3.88. The molecule has 0 amide bonds. The van der Waals surface area contributed by atoms with Crippen molar-refractivity contribution in [2.45, 2.75) is 37.1 Å². The zero-order valence-corrected chi connectivity index (χ0v) is 14.3. The van der Waals surface area contributed by atoms with Crippen molar-refractivity contribution in [3.05, 3.63) is 28.5 Å². The zero-order chi connectivity index (χ0) is 14.5. The number of sulfonamides is 1. The predicted molar refractivity (Wildman–Crippen MR) is 84.0 cm³/mol. The van der Waals surface area contributed by atoms with E-state index >= 15 is 0 Å². The van der Waals surface area contributed by atoms with Crippen molar-refractivity contribution in [3.8, 4) is 0 Å². The van der Waals surface area contributed by atoms with Gasteiger partial charge in [0.2, 0.25) is 10.0 Å². The number of benzene rings is 1. The molecule has 1 aromatic carbocycles. The van der Waals surface area contributed by atoms with Gasteiger partial charge in [-0.3, -0.25) is 0 Å². The Morgan fingerprint density at radius 2 is 2.10 bits per heavy atom. The molecule has 1 unspecified atom stereocenters. The first-order chi connectivity index (χ1) is 8.90. The summed E-state index contributed by atoms with van der Waals surface area (Å²) in [6, 6.07) is 3.47. The standard InChI is InChI=1S/C12H18BrFN2O2S.ClH/c1-2-3-4-10(8-15)16-19(17,18)12-6-5-9(13)7-11(12)14;/h5-7,10,16H,2-4,8,15H2,1H3;1H. The lowest BCUT2D eigenvalue weighted by atomic mass is 10.1. The monoisotopic (exact) mass is 388 g/mol. The third-order valence-electron chi connectivity index (χ3n) is 2.70. The van der Waals surface area contributed by atoms with Gasteiger partial charge in [0.25, 0.3) is 0 Å². The largest absolute Gasteiger partial charge is 0.329 e. The summed E-state index contributed by atoms with van der Waals surface area (Å²) in [4.78, 5) is -0.356. The van der Waals surface area contributed by atoms with E-state index in [1.54, 1.807) is 0 Å². The molecule has 1 atom stereocenters. The lowest BCUT2D eigenvalue weighted by molar-refractivity contribution is 0.509. The molecule has 0 fully saturated rings. The Kier molecular flexibility index (Phi) is 8.85. The van der Waals surface area contributed by atoms with Crippen molar-refractivity contribution in [2.24, 2.45) is 5.73 Å². The van der Waals surface area contributed by atoms with Crippen LogP contribution in [0.1, 0.15) is 26.2 Å². The Labute approximate surface area is 133 Å². The highest BCUT2D eigenvalue weighted by molar-refractivity contribution is 9.10. The first-order valence-electron chi connectivity index (χ1n) is 6.08. The van der Waals surface area contributed by atoms with E-state index in [1.165, 1.54) is 12.1 Å². The molecule has 0 aliphatic carbocycles. The summed E-state index contributed by atoms with van der Waals surface area (Å²) in [5, 5.41) is 0. The second-order valence-electron chi connectivity index (χ2n) is 4.27. The van der Waals surface area contributed by atoms with Crippen LogP contribution in [-0.4, -0.2) is 21.0 Å². The lowest BCUT2D eigenvalue weighted by Gasteiger charge is -2.17. The summed E-state index contributed by atoms with van der Waals surface area (Å²) in [6.45, 7) is 2.20. The fraction of sp³-hybridized carbons (Fsp3) is 0.500. The van der Waals surface area contributed by atoms with Crippen LogP contribution in [0.3, 0.4) is 0 Å². The smallest absolute Gasteiger partial charge is 0.243 e. The highest BCUT2D eigenvalue weighted by Gasteiger charge is 2.22. The molecule has 0 spiro atoms. The van der Waals surface area contributed by atoms with E-state index in [0.717, 1.165) is 18.9 Å². The molecule has 0 radical (unpaired) electrons. The number of hydrogen-bond acceptors (Lipinski definition) is 3. The average molecular weight is 390 g/mol. The average Bonchev–Trinajstić information content (AvgIpc) is 2.33. The Morgan fingerprint density at radius 1 is 1.45 bits per heavy atom. The van der Waals surface area contributed by atoms with Gasteiger partial charge in [-0.25, -0.2) is 17.5 Å². The minimum absolute atomic E-state index is 0. The maximum absolute atomic E-state index is 13.7. The van der Waals surface area contributed by atoms with Crippen LogP contribution in [0.5, 0.6) is 0 Å². The minimum Gasteiger partial charge on any atom is -0.329 e. The molecular weight excluding hydrogens is 371 g/mol. The molecule has 4 nitrogen and oxygen atoms in total. The first-order valence-corrected chi connectivity index (χ1v) is 8.35. The van der Waals surface area contributed by atoms with Gasteiger partial charge in [-0.15, -0.1) is 12.4 Å². The van der Waals surface area contributed by atoms with Gasteiger partial charge in [0.1, 0.15) is 10.7 Å². The maximum atomic E-state index is 13.7. The van der Waals surface area contributed by atoms with E-state index in [9.17, 15) is 12.8 Å². The van der Waals surface area contributed by atoms with Crippen LogP contribution in [0, 0.1) is 5.82 Å². The molecule has 20 heavy (non-hydrogen) atoms. The Morgan fingerprint density at radius 3 is 2.60 bits per heavy atom. The Balaban J connectivity index is 0.00000361. The summed E-state index contributed by atoms with van der Waals surface area (Å²) in [6.07, 6.45) is 2.46. The van der Waals surface area contributed by atoms with Crippen LogP contribution in [0.15, 0.2) is 27.6 Å². The highest BCUT2D eigenvalue weighted by atomic mass is 79.9. The fourth-order valence-electron chi connectivity index (χ4n) is 1.65. The number of unbranched alkanes of at least 4 members (excludes halogenated alkanes) is 1. The van der Waals surface area contributed by atoms with Crippen LogP contribution in [0.4, 0.5) is 4.39 Å². The van der Waals surface area contributed by atoms with E-state index in [2.05, 4.69) is 20.7 Å². The number of halogens is 3. The molecule has 116 valence electrons. The molecule has 1 rings (SSSR count). The van der Waals surface area contributed by atoms with Crippen molar-refractivity contribution >= 4 is 38.4 Å². The van der Waals surface area contributed by atoms with Crippen molar-refractivity contribution < 1.29 is 12.8 Å². The summed E-state index contributed by atoms with van der Waals surface area (Å²) in [5.74, 6) is -0.784. The molecule has 3 N–H and O–H groups in total. The van der Waals surface area contributed by atoms with Crippen LogP contribution < -0.4 is 10.5 Å². The molecular formula is C12H19BrClFN2O2S. The normalized spacial score (nSPS) is 12.8. The summed E-state index contributed by atoms with van der Waals surface area (Å²) in [5.41, 5.74) is 5.53. The van der Waals surface area contributed by atoms with Crippen molar-refractivity contribution in [1.82, 2.24) is 4.72 Å². The second-order valence-corrected chi connectivity index (χ2v) is 6.87. The SMILES string of the molecule is CCCCC(CN)NS(=O)(=O)c1ccc(Br)cc1F.Cl. The van der Waals surface area contributed by atoms with Gasteiger partial charge in [-0.1, -0.05) is 35.7 Å². The molecule has 0 aliphatic rings. The van der Waals surface area contributed by atoms with Crippen molar-refractivity contribution in [3.63, 3.8) is 0 Å². The summed E-state index contributed by atoms with van der Waals surface area (Å²) < 4.78 is 40.8. The Hall–Kier alpha value is -0.210. The molecule has 1 aromatic rings. The molecule has 0 aliphatic heterocycles. The lowest BCUT2D eigenvalue weighted by Crippen LogP contribution is -2.40. The van der Waals surface area contributed by atoms with Gasteiger partial charge in [-0.05, 0) is 24.6 Å². The van der Waals surface area contributed by atoms with Crippen LogP contribution in [0.25, 0.3) is 0 Å². The number of hydrogen-bond donors (Lipinski definition) is 2. The zero-order valence-electron chi connectivity index (χ0n) is 11.1. The van der Waals surface area contributed by atoms with E-state index in [-0.39, 0.29) is 29.9 Å². The number of rotatable bonds is 7. The summed E-state index contributed by atoms with van der Waals surface area (Å²) >= 11 is 3.09. The predicted octanol–water partition coefficient (Wildman–Crippen LogP) is 2.81. The third kappa shape index (κ3) is 5.65. The van der Waals surface area contributed by atoms with Crippen molar-refractivity contribution in [2.75, 3.05) is 6.54 Å². The van der Waals surface area contributed by atoms with Gasteiger partial charge in [0.15, 0.2) is 0 Å². The topological polar surface area (TPSA) is 72.2 Å². The maximum Gasteiger partial charge on any atom is 0.243 e. The van der Waals surface area contributed by atoms with Gasteiger partial charge in [0, 0.05) is 17.1 Å². The molecule has 0 aromatic heterocycles. The van der Waals surface area contributed by atoms with E-state index < -0.39 is 15.8 Å². The molecule has 0 bridgehead atoms. The van der Waals surface area contributed by atoms with E-state index in [0.29, 0.717) is 10.9 Å². The van der Waals surface area contributed by atoms with Gasteiger partial charge >= 0.3 is 0 Å². The first kappa shape index (κ1) is 19.8. The van der Waals surface area contributed by atoms with Gasteiger partial charge < -0.3 is 5.73 Å². The second kappa shape index (κ2) is 8.94. The highest BCUT2D eigenvalue weighted by Crippen LogP contribution is 2.19. The van der Waals surface area contributed by atoms with E-state index in [1.807, 2.05) is 6.92 Å². The number of nitrogens with two attached hydrogens (primary N) is 1. The van der Waals surface area contributed by atoms with Gasteiger partial charge in [-0.2, -0.15) is 0 Å². The molecule has 0 saturated heterocycles. The Bertz CT molecular complexity index is 528. The fourth-order valence-corrected chi connectivity index (χ4v) is 3.33. The third-order valence-corrected chi connectivity index (χ3v) is 4.74. The van der Waals surface area contributed by atoms with Crippen LogP contribution in [0.2, 0.25) is 0 Å². The quantitative estimate of drug-likeness (QED) is 0.753. The van der Waals surface area contributed by atoms with Crippen LogP contribution in [-0.2, 0) is 10.0 Å². The van der Waals surface area contributed by atoms with Crippen molar-refractivity contribution in [1.29, 1.82) is 0 Å². The molecule has 0 saturated carbocycles.